The summed E-state index contributed by atoms with van der Waals surface area (Å²) >= 11 is 0. The fourth-order valence-corrected chi connectivity index (χ4v) is 1.20. The molecule has 1 heterocycles. The zero-order valence-electron chi connectivity index (χ0n) is 9.21. The van der Waals surface area contributed by atoms with E-state index in [-0.39, 0.29) is 19.1 Å². The summed E-state index contributed by atoms with van der Waals surface area (Å²) in [6, 6.07) is 0. The van der Waals surface area contributed by atoms with Crippen molar-refractivity contribution in [2.45, 2.75) is 6.92 Å². The van der Waals surface area contributed by atoms with Gasteiger partial charge in [0.25, 0.3) is 0 Å². The molecule has 1 aliphatic rings. The lowest BCUT2D eigenvalue weighted by Crippen LogP contribution is -2.38. The van der Waals surface area contributed by atoms with E-state index in [9.17, 15) is 9.59 Å². The van der Waals surface area contributed by atoms with Crippen molar-refractivity contribution in [3.8, 4) is 0 Å². The largest absolute Gasteiger partial charge is 0.480 e. The molecule has 1 rings (SSSR count). The van der Waals surface area contributed by atoms with Gasteiger partial charge < -0.3 is 20.5 Å². The Balaban J connectivity index is 2.13. The van der Waals surface area contributed by atoms with Gasteiger partial charge in [0, 0.05) is 25.2 Å². The minimum atomic E-state index is -1.01. The molecule has 0 atom stereocenters. The molecule has 1 fully saturated rings. The summed E-state index contributed by atoms with van der Waals surface area (Å²) in [6.07, 6.45) is 0. The van der Waals surface area contributed by atoms with Crippen LogP contribution in [0.3, 0.4) is 0 Å². The lowest BCUT2D eigenvalue weighted by molar-refractivity contribution is -0.142. The summed E-state index contributed by atoms with van der Waals surface area (Å²) in [6.45, 7) is 3.52. The first kappa shape index (κ1) is 12.7. The summed E-state index contributed by atoms with van der Waals surface area (Å²) in [4.78, 5) is 21.6. The number of hydrogen-bond acceptors (Lipinski definition) is 4. The molecule has 6 nitrogen and oxygen atoms in total. The molecule has 0 saturated carbocycles. The van der Waals surface area contributed by atoms with Crippen molar-refractivity contribution in [3.63, 3.8) is 0 Å². The van der Waals surface area contributed by atoms with Crippen LogP contribution in [0.25, 0.3) is 0 Å². The van der Waals surface area contributed by atoms with Gasteiger partial charge in [0.1, 0.15) is 6.61 Å². The number of carboxylic acids is 1. The summed E-state index contributed by atoms with van der Waals surface area (Å²) in [5.41, 5.74) is 1.85. The lowest BCUT2D eigenvalue weighted by atomic mass is 10.0. The van der Waals surface area contributed by atoms with Gasteiger partial charge >= 0.3 is 5.97 Å². The van der Waals surface area contributed by atoms with Gasteiger partial charge in [0.2, 0.25) is 5.91 Å². The molecule has 0 aromatic heterocycles. The Morgan fingerprint density at radius 2 is 2.19 bits per heavy atom. The molecule has 16 heavy (non-hydrogen) atoms. The third kappa shape index (κ3) is 4.00. The zero-order valence-corrected chi connectivity index (χ0v) is 9.21. The number of amides is 1. The maximum atomic E-state index is 11.5. The Morgan fingerprint density at radius 3 is 2.69 bits per heavy atom. The number of rotatable bonds is 6. The van der Waals surface area contributed by atoms with Crippen LogP contribution in [-0.4, -0.2) is 49.8 Å². The van der Waals surface area contributed by atoms with Gasteiger partial charge in [-0.1, -0.05) is 0 Å². The SMILES string of the molecule is CC(C(=O)NCCOCC(=O)O)=C1CNC1. The fraction of sp³-hybridized carbons (Fsp3) is 0.600. The topological polar surface area (TPSA) is 87.7 Å². The third-order valence-electron chi connectivity index (χ3n) is 2.31. The van der Waals surface area contributed by atoms with E-state index in [1.165, 1.54) is 0 Å². The number of carbonyl (C=O) groups excluding carboxylic acids is 1. The summed E-state index contributed by atoms with van der Waals surface area (Å²) in [7, 11) is 0. The molecule has 0 aliphatic carbocycles. The van der Waals surface area contributed by atoms with E-state index in [0.29, 0.717) is 6.54 Å². The quantitative estimate of drug-likeness (QED) is 0.406. The monoisotopic (exact) mass is 228 g/mol. The minimum Gasteiger partial charge on any atom is -0.480 e. The van der Waals surface area contributed by atoms with E-state index in [2.05, 4.69) is 10.6 Å². The Hall–Kier alpha value is -1.40. The predicted octanol–water partition coefficient (Wildman–Crippen LogP) is -0.876. The maximum absolute atomic E-state index is 11.5. The van der Waals surface area contributed by atoms with E-state index in [0.717, 1.165) is 24.2 Å². The van der Waals surface area contributed by atoms with Gasteiger partial charge in [-0.15, -0.1) is 0 Å². The van der Waals surface area contributed by atoms with Crippen molar-refractivity contribution in [2.75, 3.05) is 32.8 Å². The molecule has 3 N–H and O–H groups in total. The number of nitrogens with one attached hydrogen (secondary N) is 2. The third-order valence-corrected chi connectivity index (χ3v) is 2.31. The molecule has 0 radical (unpaired) electrons. The number of aliphatic carboxylic acids is 1. The normalized spacial score (nSPS) is 14.2. The number of hydrogen-bond donors (Lipinski definition) is 3. The second-order valence-electron chi connectivity index (χ2n) is 3.53. The minimum absolute atomic E-state index is 0.115. The van der Waals surface area contributed by atoms with E-state index >= 15 is 0 Å². The highest BCUT2D eigenvalue weighted by Gasteiger charge is 2.15. The fourth-order valence-electron chi connectivity index (χ4n) is 1.20. The van der Waals surface area contributed by atoms with Crippen LogP contribution in [0.5, 0.6) is 0 Å². The molecule has 0 aromatic rings. The lowest BCUT2D eigenvalue weighted by Gasteiger charge is -2.21. The Labute approximate surface area is 93.7 Å². The zero-order chi connectivity index (χ0) is 12.0. The standard InChI is InChI=1S/C10H16N2O4/c1-7(8-4-11-5-8)10(15)12-2-3-16-6-9(13)14/h11H,2-6H2,1H3,(H,12,15)(H,13,14). The first-order valence-electron chi connectivity index (χ1n) is 5.08. The van der Waals surface area contributed by atoms with Crippen molar-refractivity contribution in [2.24, 2.45) is 0 Å². The Morgan fingerprint density at radius 1 is 1.50 bits per heavy atom. The molecule has 0 bridgehead atoms. The van der Waals surface area contributed by atoms with Gasteiger partial charge in [-0.05, 0) is 12.5 Å². The second-order valence-corrected chi connectivity index (χ2v) is 3.53. The highest BCUT2D eigenvalue weighted by molar-refractivity contribution is 5.93. The summed E-state index contributed by atoms with van der Waals surface area (Å²) in [5.74, 6) is -1.12. The smallest absolute Gasteiger partial charge is 0.329 e. The highest BCUT2D eigenvalue weighted by atomic mass is 16.5. The molecule has 0 aromatic carbocycles. The molecule has 0 unspecified atom stereocenters. The van der Waals surface area contributed by atoms with Gasteiger partial charge in [0.15, 0.2) is 0 Å². The second kappa shape index (κ2) is 6.24. The predicted molar refractivity (Wildman–Crippen MR) is 57.0 cm³/mol. The van der Waals surface area contributed by atoms with Crippen molar-refractivity contribution >= 4 is 11.9 Å². The summed E-state index contributed by atoms with van der Waals surface area (Å²) in [5, 5.41) is 14.0. The molecule has 0 spiro atoms. The molecule has 90 valence electrons. The van der Waals surface area contributed by atoms with E-state index < -0.39 is 5.97 Å². The average Bonchev–Trinajstić information content (AvgIpc) is 2.13. The first-order chi connectivity index (χ1) is 7.61. The molecule has 6 heteroatoms. The van der Waals surface area contributed by atoms with E-state index in [1.54, 1.807) is 6.92 Å². The number of carboxylic acid groups (broad SMARTS) is 1. The van der Waals surface area contributed by atoms with Crippen LogP contribution >= 0.6 is 0 Å². The summed E-state index contributed by atoms with van der Waals surface area (Å²) < 4.78 is 4.78. The van der Waals surface area contributed by atoms with Crippen LogP contribution < -0.4 is 10.6 Å². The molecule has 1 saturated heterocycles. The van der Waals surface area contributed by atoms with Gasteiger partial charge in [-0.3, -0.25) is 4.79 Å². The molecule has 1 aliphatic heterocycles. The van der Waals surface area contributed by atoms with Crippen molar-refractivity contribution < 1.29 is 19.4 Å². The van der Waals surface area contributed by atoms with Gasteiger partial charge in [-0.25, -0.2) is 4.79 Å². The van der Waals surface area contributed by atoms with Gasteiger partial charge in [-0.2, -0.15) is 0 Å². The van der Waals surface area contributed by atoms with Crippen molar-refractivity contribution in [1.29, 1.82) is 0 Å². The van der Waals surface area contributed by atoms with Crippen molar-refractivity contribution in [1.82, 2.24) is 10.6 Å². The Kier molecular flexibility index (Phi) is 4.94. The molecular weight excluding hydrogens is 212 g/mol. The van der Waals surface area contributed by atoms with E-state index in [1.807, 2.05) is 0 Å². The van der Waals surface area contributed by atoms with Crippen LogP contribution in [0.1, 0.15) is 6.92 Å². The van der Waals surface area contributed by atoms with Crippen LogP contribution in [-0.2, 0) is 14.3 Å². The maximum Gasteiger partial charge on any atom is 0.329 e. The molecule has 1 amide bonds. The van der Waals surface area contributed by atoms with Crippen LogP contribution in [0.4, 0.5) is 0 Å². The van der Waals surface area contributed by atoms with Crippen LogP contribution in [0.2, 0.25) is 0 Å². The number of carbonyl (C=O) groups is 2. The average molecular weight is 228 g/mol. The Bertz CT molecular complexity index is 306. The first-order valence-corrected chi connectivity index (χ1v) is 5.08. The number of ether oxygens (including phenoxy) is 1. The van der Waals surface area contributed by atoms with Crippen LogP contribution in [0, 0.1) is 0 Å². The van der Waals surface area contributed by atoms with Gasteiger partial charge in [0.05, 0.1) is 6.61 Å². The van der Waals surface area contributed by atoms with Crippen molar-refractivity contribution in [3.05, 3.63) is 11.1 Å². The molecular formula is C10H16N2O4. The van der Waals surface area contributed by atoms with E-state index in [4.69, 9.17) is 9.84 Å². The van der Waals surface area contributed by atoms with Crippen LogP contribution in [0.15, 0.2) is 11.1 Å². The highest BCUT2D eigenvalue weighted by Crippen LogP contribution is 2.08.